The Balaban J connectivity index is 1.66. The normalized spacial score (nSPS) is 17.5. The first kappa shape index (κ1) is 18.6. The van der Waals surface area contributed by atoms with Crippen LogP contribution in [0.2, 0.25) is 0 Å². The van der Waals surface area contributed by atoms with Crippen LogP contribution >= 0.6 is 0 Å². The molecule has 1 saturated heterocycles. The van der Waals surface area contributed by atoms with Crippen molar-refractivity contribution >= 4 is 5.91 Å². The minimum Gasteiger partial charge on any atom is -0.336 e. The van der Waals surface area contributed by atoms with Gasteiger partial charge in [0.1, 0.15) is 0 Å². The Morgan fingerprint density at radius 1 is 1.08 bits per heavy atom. The molecular weight excluding hydrogens is 322 g/mol. The van der Waals surface area contributed by atoms with Crippen molar-refractivity contribution in [3.63, 3.8) is 0 Å². The van der Waals surface area contributed by atoms with Crippen molar-refractivity contribution in [2.24, 2.45) is 0 Å². The fraction of sp³-hybridized carbons (Fsp3) is 0.455. The van der Waals surface area contributed by atoms with Gasteiger partial charge in [0, 0.05) is 31.9 Å². The first-order valence-corrected chi connectivity index (χ1v) is 9.55. The molecule has 2 heterocycles. The highest BCUT2D eigenvalue weighted by Crippen LogP contribution is 2.31. The summed E-state index contributed by atoms with van der Waals surface area (Å²) in [4.78, 5) is 21.2. The van der Waals surface area contributed by atoms with E-state index in [-0.39, 0.29) is 11.9 Å². The Morgan fingerprint density at radius 3 is 2.50 bits per heavy atom. The number of carbonyl (C=O) groups excluding carboxylic acids is 1. The monoisotopic (exact) mass is 351 g/mol. The smallest absolute Gasteiger partial charge is 0.223 e. The molecule has 3 rings (SSSR count). The molecule has 4 nitrogen and oxygen atoms in total. The summed E-state index contributed by atoms with van der Waals surface area (Å²) in [5.41, 5.74) is 3.75. The van der Waals surface area contributed by atoms with E-state index in [9.17, 15) is 4.79 Å². The number of aromatic nitrogens is 1. The number of amides is 1. The molecule has 0 unspecified atom stereocenters. The van der Waals surface area contributed by atoms with Gasteiger partial charge >= 0.3 is 0 Å². The molecule has 138 valence electrons. The Hall–Kier alpha value is -2.20. The molecule has 0 saturated carbocycles. The highest BCUT2D eigenvalue weighted by atomic mass is 16.2. The lowest BCUT2D eigenvalue weighted by Crippen LogP contribution is -2.38. The van der Waals surface area contributed by atoms with E-state index in [0.29, 0.717) is 6.42 Å². The number of rotatable bonds is 6. The molecule has 4 heteroatoms. The average molecular weight is 351 g/mol. The standard InChI is InChI=1S/C22H29N3O/c1-24(2)17-19-6-9-20(10-7-19)21-5-3-4-16-25(21)22(26)11-8-18-12-14-23-15-13-18/h6-7,9-10,12-15,21H,3-5,8,11,16-17H2,1-2H3/t21-/m0/s1. The molecule has 1 fully saturated rings. The van der Waals surface area contributed by atoms with E-state index < -0.39 is 0 Å². The second kappa shape index (κ2) is 8.95. The van der Waals surface area contributed by atoms with Crippen molar-refractivity contribution in [1.82, 2.24) is 14.8 Å². The van der Waals surface area contributed by atoms with E-state index in [4.69, 9.17) is 0 Å². The number of aryl methyl sites for hydroxylation is 1. The number of benzene rings is 1. The molecule has 0 N–H and O–H groups in total. The van der Waals surface area contributed by atoms with E-state index >= 15 is 0 Å². The average Bonchev–Trinajstić information content (AvgIpc) is 2.67. The summed E-state index contributed by atoms with van der Waals surface area (Å²) in [6, 6.07) is 13.0. The molecule has 1 amide bonds. The maximum Gasteiger partial charge on any atom is 0.223 e. The summed E-state index contributed by atoms with van der Waals surface area (Å²) in [6.45, 7) is 1.82. The van der Waals surface area contributed by atoms with Crippen LogP contribution in [0.4, 0.5) is 0 Å². The lowest BCUT2D eigenvalue weighted by molar-refractivity contribution is -0.135. The molecule has 1 aromatic carbocycles. The summed E-state index contributed by atoms with van der Waals surface area (Å²) in [5, 5.41) is 0. The Kier molecular flexibility index (Phi) is 6.40. The minimum absolute atomic E-state index is 0.224. The Bertz CT molecular complexity index is 697. The zero-order valence-electron chi connectivity index (χ0n) is 15.9. The first-order valence-electron chi connectivity index (χ1n) is 9.55. The molecule has 0 aliphatic carbocycles. The van der Waals surface area contributed by atoms with Gasteiger partial charge in [-0.1, -0.05) is 24.3 Å². The molecule has 1 aliphatic rings. The predicted molar refractivity (Wildman–Crippen MR) is 105 cm³/mol. The van der Waals surface area contributed by atoms with Gasteiger partial charge < -0.3 is 9.80 Å². The van der Waals surface area contributed by atoms with Crippen molar-refractivity contribution in [3.8, 4) is 0 Å². The molecule has 0 spiro atoms. The highest BCUT2D eigenvalue weighted by Gasteiger charge is 2.27. The lowest BCUT2D eigenvalue weighted by atomic mass is 9.94. The van der Waals surface area contributed by atoms with Crippen LogP contribution in [0.1, 0.15) is 48.4 Å². The number of piperidine rings is 1. The van der Waals surface area contributed by atoms with Crippen LogP contribution in [0, 0.1) is 0 Å². The second-order valence-electron chi connectivity index (χ2n) is 7.43. The zero-order chi connectivity index (χ0) is 18.4. The fourth-order valence-electron chi connectivity index (χ4n) is 3.73. The largest absolute Gasteiger partial charge is 0.336 e. The molecule has 1 aliphatic heterocycles. The van der Waals surface area contributed by atoms with Gasteiger partial charge in [-0.05, 0) is 68.6 Å². The summed E-state index contributed by atoms with van der Waals surface area (Å²) >= 11 is 0. The van der Waals surface area contributed by atoms with Crippen LogP contribution in [0.15, 0.2) is 48.8 Å². The van der Waals surface area contributed by atoms with Crippen LogP contribution in [0.5, 0.6) is 0 Å². The maximum absolute atomic E-state index is 12.9. The van der Waals surface area contributed by atoms with Crippen molar-refractivity contribution in [3.05, 3.63) is 65.5 Å². The van der Waals surface area contributed by atoms with Crippen molar-refractivity contribution < 1.29 is 4.79 Å². The van der Waals surface area contributed by atoms with Crippen molar-refractivity contribution in [1.29, 1.82) is 0 Å². The van der Waals surface area contributed by atoms with Gasteiger partial charge in [-0.2, -0.15) is 0 Å². The zero-order valence-corrected chi connectivity index (χ0v) is 15.9. The van der Waals surface area contributed by atoms with Gasteiger partial charge in [0.2, 0.25) is 5.91 Å². The number of likely N-dealkylation sites (tertiary alicyclic amines) is 1. The summed E-state index contributed by atoms with van der Waals surface area (Å²) in [5.74, 6) is 0.267. The molecule has 1 aromatic heterocycles. The lowest BCUT2D eigenvalue weighted by Gasteiger charge is -2.36. The number of carbonyl (C=O) groups is 1. The van der Waals surface area contributed by atoms with Crippen LogP contribution in [0.3, 0.4) is 0 Å². The third-order valence-electron chi connectivity index (χ3n) is 5.06. The highest BCUT2D eigenvalue weighted by molar-refractivity contribution is 5.77. The SMILES string of the molecule is CN(C)Cc1ccc([C@@H]2CCCCN2C(=O)CCc2ccncc2)cc1. The van der Waals surface area contributed by atoms with Crippen LogP contribution < -0.4 is 0 Å². The van der Waals surface area contributed by atoms with Gasteiger partial charge in [-0.25, -0.2) is 0 Å². The van der Waals surface area contributed by atoms with E-state index in [1.807, 2.05) is 12.1 Å². The number of hydrogen-bond donors (Lipinski definition) is 0. The third-order valence-corrected chi connectivity index (χ3v) is 5.06. The number of hydrogen-bond acceptors (Lipinski definition) is 3. The van der Waals surface area contributed by atoms with Crippen molar-refractivity contribution in [2.75, 3.05) is 20.6 Å². The van der Waals surface area contributed by atoms with Gasteiger partial charge in [0.05, 0.1) is 6.04 Å². The molecular formula is C22H29N3O. The van der Waals surface area contributed by atoms with Crippen molar-refractivity contribution in [2.45, 2.75) is 44.7 Å². The predicted octanol–water partition coefficient (Wildman–Crippen LogP) is 3.83. The van der Waals surface area contributed by atoms with E-state index in [1.54, 1.807) is 12.4 Å². The Morgan fingerprint density at radius 2 is 1.81 bits per heavy atom. The minimum atomic E-state index is 0.224. The van der Waals surface area contributed by atoms with E-state index in [1.165, 1.54) is 23.1 Å². The van der Waals surface area contributed by atoms with Gasteiger partial charge in [-0.15, -0.1) is 0 Å². The quantitative estimate of drug-likeness (QED) is 0.794. The van der Waals surface area contributed by atoms with Crippen LogP contribution in [-0.2, 0) is 17.8 Å². The second-order valence-corrected chi connectivity index (χ2v) is 7.43. The Labute approximate surface area is 156 Å². The molecule has 0 bridgehead atoms. The molecule has 2 aromatic rings. The third kappa shape index (κ3) is 4.92. The maximum atomic E-state index is 12.9. The van der Waals surface area contributed by atoms with E-state index in [2.05, 4.69) is 53.1 Å². The summed E-state index contributed by atoms with van der Waals surface area (Å²) < 4.78 is 0. The fourth-order valence-corrected chi connectivity index (χ4v) is 3.73. The molecule has 1 atom stereocenters. The van der Waals surface area contributed by atoms with E-state index in [0.717, 1.165) is 32.4 Å². The van der Waals surface area contributed by atoms with Crippen LogP contribution in [0.25, 0.3) is 0 Å². The van der Waals surface area contributed by atoms with Crippen LogP contribution in [-0.4, -0.2) is 41.3 Å². The topological polar surface area (TPSA) is 36.4 Å². The number of pyridine rings is 1. The van der Waals surface area contributed by atoms with Gasteiger partial charge in [-0.3, -0.25) is 9.78 Å². The molecule has 26 heavy (non-hydrogen) atoms. The summed E-state index contributed by atoms with van der Waals surface area (Å²) in [6.07, 6.45) is 8.30. The molecule has 0 radical (unpaired) electrons. The number of nitrogens with zero attached hydrogens (tertiary/aromatic N) is 3. The van der Waals surface area contributed by atoms with Gasteiger partial charge in [0.25, 0.3) is 0 Å². The van der Waals surface area contributed by atoms with Gasteiger partial charge in [0.15, 0.2) is 0 Å². The summed E-state index contributed by atoms with van der Waals surface area (Å²) in [7, 11) is 4.16. The first-order chi connectivity index (χ1) is 12.6.